The SMILES string of the molecule is CCCC(=O)NC1CC(NC(=O)CCC)CC(C(C)(C)C)(C(C)(C)C)C1.[CH3-].[CH3-].[Ti+2]. The minimum atomic E-state index is 0. The maximum Gasteiger partial charge on any atom is 2.00 e. The summed E-state index contributed by atoms with van der Waals surface area (Å²) in [5.41, 5.74) is 0.187. The Kier molecular flexibility index (Phi) is 15.1. The van der Waals surface area contributed by atoms with Crippen LogP contribution in [0, 0.1) is 31.1 Å². The Morgan fingerprint density at radius 2 is 1.10 bits per heavy atom. The van der Waals surface area contributed by atoms with Crippen LogP contribution in [0.15, 0.2) is 0 Å². The Bertz CT molecular complexity index is 448. The van der Waals surface area contributed by atoms with Crippen LogP contribution in [-0.4, -0.2) is 23.9 Å². The number of carbonyl (C=O) groups is 2. The zero-order valence-electron chi connectivity index (χ0n) is 20.9. The molecule has 1 rings (SSSR count). The number of carbonyl (C=O) groups excluding carboxylic acids is 2. The third-order valence-corrected chi connectivity index (χ3v) is 6.31. The molecule has 1 aliphatic rings. The van der Waals surface area contributed by atoms with E-state index in [1.807, 2.05) is 13.8 Å². The van der Waals surface area contributed by atoms with E-state index in [1.165, 1.54) is 0 Å². The van der Waals surface area contributed by atoms with E-state index in [2.05, 4.69) is 52.2 Å². The zero-order chi connectivity index (χ0) is 20.2. The van der Waals surface area contributed by atoms with Gasteiger partial charge in [-0.3, -0.25) is 9.59 Å². The van der Waals surface area contributed by atoms with Gasteiger partial charge in [-0.05, 0) is 48.3 Å². The summed E-state index contributed by atoms with van der Waals surface area (Å²) in [6.45, 7) is 17.9. The van der Waals surface area contributed by atoms with Gasteiger partial charge in [0.15, 0.2) is 0 Å². The molecule has 0 heterocycles. The monoisotopic (exact) mass is 444 g/mol. The Morgan fingerprint density at radius 1 is 0.793 bits per heavy atom. The van der Waals surface area contributed by atoms with Crippen LogP contribution in [0.3, 0.4) is 0 Å². The van der Waals surface area contributed by atoms with Crippen LogP contribution in [0.25, 0.3) is 0 Å². The summed E-state index contributed by atoms with van der Waals surface area (Å²) < 4.78 is 0. The molecule has 1 saturated carbocycles. The molecule has 1 fully saturated rings. The van der Waals surface area contributed by atoms with Gasteiger partial charge in [0, 0.05) is 24.9 Å². The average Bonchev–Trinajstić information content (AvgIpc) is 2.44. The maximum atomic E-state index is 12.3. The summed E-state index contributed by atoms with van der Waals surface area (Å²) in [6, 6.07) is 0.237. The smallest absolute Gasteiger partial charge is 0.358 e. The van der Waals surface area contributed by atoms with E-state index >= 15 is 0 Å². The molecule has 4 nitrogen and oxygen atoms in total. The Morgan fingerprint density at radius 3 is 1.34 bits per heavy atom. The second kappa shape index (κ2) is 13.1. The number of amides is 2. The first-order chi connectivity index (χ1) is 11.9. The van der Waals surface area contributed by atoms with Crippen molar-refractivity contribution >= 4 is 11.8 Å². The summed E-state index contributed by atoms with van der Waals surface area (Å²) in [4.78, 5) is 24.5. The second-order valence-electron chi connectivity index (χ2n) is 10.3. The van der Waals surface area contributed by atoms with Gasteiger partial charge in [0.1, 0.15) is 0 Å². The standard InChI is InChI=1S/C22H42N2O2.2CH3.Ti/c1-9-11-18(25)23-16-13-17(24-19(26)12-10-2)15-22(14-16,20(3,4)5)21(6,7)8;;;/h16-17H,9-15H2,1-8H3,(H,23,25)(H,24,26);2*1H3;/q;2*-1;+2. The van der Waals surface area contributed by atoms with Crippen LogP contribution in [0.5, 0.6) is 0 Å². The van der Waals surface area contributed by atoms with Crippen molar-refractivity contribution in [1.82, 2.24) is 10.6 Å². The van der Waals surface area contributed by atoms with E-state index in [4.69, 9.17) is 0 Å². The molecule has 0 radical (unpaired) electrons. The first kappa shape index (κ1) is 33.3. The third kappa shape index (κ3) is 8.73. The van der Waals surface area contributed by atoms with Crippen LogP contribution in [-0.2, 0) is 31.3 Å². The van der Waals surface area contributed by atoms with Crippen molar-refractivity contribution in [3.63, 3.8) is 0 Å². The molecular formula is C24H48N2O2Ti. The molecule has 2 amide bonds. The summed E-state index contributed by atoms with van der Waals surface area (Å²) in [7, 11) is 0. The number of hydrogen-bond acceptors (Lipinski definition) is 2. The largest absolute Gasteiger partial charge is 2.00 e. The fourth-order valence-corrected chi connectivity index (χ4v) is 5.06. The molecule has 0 bridgehead atoms. The Hall–Kier alpha value is -0.346. The topological polar surface area (TPSA) is 58.2 Å². The van der Waals surface area contributed by atoms with Crippen LogP contribution in [0.1, 0.15) is 100 Å². The van der Waals surface area contributed by atoms with Crippen molar-refractivity contribution in [3.05, 3.63) is 14.9 Å². The average molecular weight is 445 g/mol. The summed E-state index contributed by atoms with van der Waals surface area (Å²) in [5.74, 6) is 0.268. The molecule has 0 aromatic rings. The first-order valence-electron chi connectivity index (χ1n) is 10.4. The first-order valence-corrected chi connectivity index (χ1v) is 10.4. The molecular weight excluding hydrogens is 396 g/mol. The predicted molar refractivity (Wildman–Crippen MR) is 122 cm³/mol. The van der Waals surface area contributed by atoms with E-state index in [0.717, 1.165) is 32.1 Å². The molecule has 1 aliphatic carbocycles. The van der Waals surface area contributed by atoms with Gasteiger partial charge in [0.05, 0.1) is 0 Å². The van der Waals surface area contributed by atoms with E-state index in [9.17, 15) is 9.59 Å². The number of rotatable bonds is 6. The molecule has 0 aliphatic heterocycles. The van der Waals surface area contributed by atoms with Crippen molar-refractivity contribution in [2.75, 3.05) is 0 Å². The van der Waals surface area contributed by atoms with Gasteiger partial charge in [0.2, 0.25) is 11.8 Å². The molecule has 2 atom stereocenters. The van der Waals surface area contributed by atoms with Crippen molar-refractivity contribution in [3.8, 4) is 0 Å². The molecule has 0 aromatic carbocycles. The molecule has 2 N–H and O–H groups in total. The molecule has 0 spiro atoms. The quantitative estimate of drug-likeness (QED) is 0.407. The van der Waals surface area contributed by atoms with Crippen LogP contribution < -0.4 is 10.6 Å². The fourth-order valence-electron chi connectivity index (χ4n) is 5.06. The number of nitrogens with one attached hydrogen (secondary N) is 2. The molecule has 2 unspecified atom stereocenters. The van der Waals surface area contributed by atoms with Gasteiger partial charge in [-0.15, -0.1) is 0 Å². The molecule has 0 saturated heterocycles. The van der Waals surface area contributed by atoms with Crippen molar-refractivity contribution in [2.45, 2.75) is 112 Å². The van der Waals surface area contributed by atoms with Crippen LogP contribution >= 0.6 is 0 Å². The number of hydrogen-bond donors (Lipinski definition) is 2. The minimum Gasteiger partial charge on any atom is -0.358 e. The summed E-state index contributed by atoms with van der Waals surface area (Å²) in [5, 5.41) is 6.53. The summed E-state index contributed by atoms with van der Waals surface area (Å²) >= 11 is 0. The van der Waals surface area contributed by atoms with Crippen LogP contribution in [0.2, 0.25) is 0 Å². The zero-order valence-corrected chi connectivity index (χ0v) is 22.5. The normalized spacial score (nSPS) is 21.0. The van der Waals surface area contributed by atoms with Gasteiger partial charge >= 0.3 is 21.7 Å². The summed E-state index contributed by atoms with van der Waals surface area (Å²) in [6.07, 6.45) is 5.63. The van der Waals surface area contributed by atoms with E-state index in [-0.39, 0.29) is 76.7 Å². The minimum absolute atomic E-state index is 0. The van der Waals surface area contributed by atoms with Crippen molar-refractivity contribution in [1.29, 1.82) is 0 Å². The van der Waals surface area contributed by atoms with Gasteiger partial charge in [0.25, 0.3) is 0 Å². The van der Waals surface area contributed by atoms with Crippen molar-refractivity contribution in [2.24, 2.45) is 16.2 Å². The van der Waals surface area contributed by atoms with E-state index in [0.29, 0.717) is 12.8 Å². The third-order valence-electron chi connectivity index (χ3n) is 6.31. The van der Waals surface area contributed by atoms with Crippen LogP contribution in [0.4, 0.5) is 0 Å². The molecule has 0 aromatic heterocycles. The fraction of sp³-hybridized carbons (Fsp3) is 0.833. The molecule has 29 heavy (non-hydrogen) atoms. The maximum absolute atomic E-state index is 12.3. The van der Waals surface area contributed by atoms with Gasteiger partial charge in [-0.25, -0.2) is 0 Å². The van der Waals surface area contributed by atoms with Gasteiger partial charge in [-0.2, -0.15) is 0 Å². The van der Waals surface area contributed by atoms with E-state index < -0.39 is 0 Å². The van der Waals surface area contributed by atoms with Gasteiger partial charge in [-0.1, -0.05) is 55.4 Å². The molecule has 5 heteroatoms. The predicted octanol–water partition coefficient (Wildman–Crippen LogP) is 5.72. The van der Waals surface area contributed by atoms with E-state index in [1.54, 1.807) is 0 Å². The second-order valence-corrected chi connectivity index (χ2v) is 10.3. The Balaban J connectivity index is -0.00000225. The van der Waals surface area contributed by atoms with Gasteiger partial charge < -0.3 is 25.5 Å². The Labute approximate surface area is 197 Å². The van der Waals surface area contributed by atoms with Crippen molar-refractivity contribution < 1.29 is 31.3 Å². The molecule has 170 valence electrons.